The van der Waals surface area contributed by atoms with Crippen LogP contribution in [0.5, 0.6) is 5.75 Å². The number of carbonyl (C=O) groups is 1. The Morgan fingerprint density at radius 3 is 3.11 bits per heavy atom. The summed E-state index contributed by atoms with van der Waals surface area (Å²) in [5.74, 6) is -0.171. The number of aromatic carboxylic acids is 1. The van der Waals surface area contributed by atoms with Crippen molar-refractivity contribution in [1.29, 1.82) is 0 Å². The zero-order valence-corrected chi connectivity index (χ0v) is 10.5. The summed E-state index contributed by atoms with van der Waals surface area (Å²) in [7, 11) is 0. The molecular weight excluding hydrogens is 248 g/mol. The third kappa shape index (κ3) is 3.06. The summed E-state index contributed by atoms with van der Waals surface area (Å²) < 4.78 is 7.20. The molecule has 0 aliphatic carbocycles. The van der Waals surface area contributed by atoms with Crippen molar-refractivity contribution in [3.05, 3.63) is 36.2 Å². The molecule has 2 aromatic rings. The lowest BCUT2D eigenvalue weighted by molar-refractivity contribution is 0.0691. The van der Waals surface area contributed by atoms with E-state index >= 15 is 0 Å². The highest BCUT2D eigenvalue weighted by molar-refractivity contribution is 5.90. The van der Waals surface area contributed by atoms with Crippen LogP contribution in [0.1, 0.15) is 29.5 Å². The van der Waals surface area contributed by atoms with E-state index in [4.69, 9.17) is 9.84 Å². The Morgan fingerprint density at radius 1 is 1.53 bits per heavy atom. The van der Waals surface area contributed by atoms with E-state index in [9.17, 15) is 4.79 Å². The molecule has 0 amide bonds. The Balaban J connectivity index is 2.10. The summed E-state index contributed by atoms with van der Waals surface area (Å²) >= 11 is 0. The monoisotopic (exact) mass is 262 g/mol. The number of aryl methyl sites for hydroxylation is 1. The minimum absolute atomic E-state index is 0.0801. The zero-order chi connectivity index (χ0) is 13.7. The first-order valence-electron chi connectivity index (χ1n) is 5.89. The van der Waals surface area contributed by atoms with Crippen LogP contribution in [-0.2, 0) is 13.2 Å². The first-order chi connectivity index (χ1) is 9.22. The number of carboxylic acids is 1. The standard InChI is InChI=1S/C12H14N4O3/c1-2-5-16-11(14-8-15-16)7-19-10-6-13-4-3-9(10)12(17)18/h3-4,6,8H,2,5,7H2,1H3,(H,17,18). The predicted molar refractivity (Wildman–Crippen MR) is 65.8 cm³/mol. The topological polar surface area (TPSA) is 90.1 Å². The van der Waals surface area contributed by atoms with Crippen molar-refractivity contribution in [2.24, 2.45) is 0 Å². The summed E-state index contributed by atoms with van der Waals surface area (Å²) in [6.07, 6.45) is 5.18. The maximum atomic E-state index is 11.0. The van der Waals surface area contributed by atoms with E-state index in [2.05, 4.69) is 15.1 Å². The number of carboxylic acid groups (broad SMARTS) is 1. The van der Waals surface area contributed by atoms with E-state index in [1.54, 1.807) is 4.68 Å². The van der Waals surface area contributed by atoms with Crippen LogP contribution in [0.2, 0.25) is 0 Å². The second kappa shape index (κ2) is 5.94. The lowest BCUT2D eigenvalue weighted by Gasteiger charge is -2.08. The average Bonchev–Trinajstić information content (AvgIpc) is 2.84. The summed E-state index contributed by atoms with van der Waals surface area (Å²) in [6.45, 7) is 2.94. The zero-order valence-electron chi connectivity index (χ0n) is 10.5. The van der Waals surface area contributed by atoms with Gasteiger partial charge in [-0.2, -0.15) is 5.10 Å². The smallest absolute Gasteiger partial charge is 0.339 e. The third-order valence-corrected chi connectivity index (χ3v) is 2.50. The largest absolute Gasteiger partial charge is 0.483 e. The molecule has 0 radical (unpaired) electrons. The Kier molecular flexibility index (Phi) is 4.07. The van der Waals surface area contributed by atoms with Gasteiger partial charge in [0, 0.05) is 12.7 Å². The molecule has 0 unspecified atom stereocenters. The molecule has 0 spiro atoms. The van der Waals surface area contributed by atoms with Gasteiger partial charge >= 0.3 is 5.97 Å². The second-order valence-electron chi connectivity index (χ2n) is 3.87. The first-order valence-corrected chi connectivity index (χ1v) is 5.89. The van der Waals surface area contributed by atoms with Gasteiger partial charge in [-0.3, -0.25) is 4.98 Å². The van der Waals surface area contributed by atoms with Crippen LogP contribution in [0.25, 0.3) is 0 Å². The first kappa shape index (κ1) is 13.0. The third-order valence-electron chi connectivity index (χ3n) is 2.50. The van der Waals surface area contributed by atoms with Gasteiger partial charge in [0.05, 0.1) is 6.20 Å². The molecule has 0 saturated carbocycles. The number of aromatic nitrogens is 4. The highest BCUT2D eigenvalue weighted by Crippen LogP contribution is 2.17. The van der Waals surface area contributed by atoms with Gasteiger partial charge in [-0.05, 0) is 12.5 Å². The number of pyridine rings is 1. The summed E-state index contributed by atoms with van der Waals surface area (Å²) in [6, 6.07) is 1.40. The number of nitrogens with zero attached hydrogens (tertiary/aromatic N) is 4. The average molecular weight is 262 g/mol. The molecule has 0 atom stereocenters. The van der Waals surface area contributed by atoms with Gasteiger partial charge in [0.2, 0.25) is 0 Å². The van der Waals surface area contributed by atoms with Gasteiger partial charge in [0.25, 0.3) is 0 Å². The van der Waals surface area contributed by atoms with Gasteiger partial charge in [0.15, 0.2) is 11.6 Å². The second-order valence-corrected chi connectivity index (χ2v) is 3.87. The number of hydrogen-bond acceptors (Lipinski definition) is 5. The number of ether oxygens (including phenoxy) is 1. The van der Waals surface area contributed by atoms with Crippen LogP contribution in [0.4, 0.5) is 0 Å². The van der Waals surface area contributed by atoms with Gasteiger partial charge in [-0.1, -0.05) is 6.92 Å². The van der Waals surface area contributed by atoms with Crippen molar-refractivity contribution in [2.45, 2.75) is 26.5 Å². The fraction of sp³-hybridized carbons (Fsp3) is 0.333. The van der Waals surface area contributed by atoms with E-state index in [-0.39, 0.29) is 17.9 Å². The molecule has 0 aromatic carbocycles. The van der Waals surface area contributed by atoms with Gasteiger partial charge in [-0.25, -0.2) is 14.5 Å². The predicted octanol–water partition coefficient (Wildman–Crippen LogP) is 1.36. The van der Waals surface area contributed by atoms with Gasteiger partial charge < -0.3 is 9.84 Å². The molecule has 0 bridgehead atoms. The fourth-order valence-corrected chi connectivity index (χ4v) is 1.61. The van der Waals surface area contributed by atoms with Crippen molar-refractivity contribution < 1.29 is 14.6 Å². The van der Waals surface area contributed by atoms with Crippen LogP contribution in [0, 0.1) is 0 Å². The highest BCUT2D eigenvalue weighted by Gasteiger charge is 2.12. The Morgan fingerprint density at radius 2 is 2.37 bits per heavy atom. The molecule has 0 fully saturated rings. The quantitative estimate of drug-likeness (QED) is 0.845. The highest BCUT2D eigenvalue weighted by atomic mass is 16.5. The van der Waals surface area contributed by atoms with E-state index < -0.39 is 5.97 Å². The summed E-state index contributed by atoms with van der Waals surface area (Å²) in [5, 5.41) is 13.1. The van der Waals surface area contributed by atoms with Crippen LogP contribution >= 0.6 is 0 Å². The molecule has 7 nitrogen and oxygen atoms in total. The molecule has 19 heavy (non-hydrogen) atoms. The maximum Gasteiger partial charge on any atom is 0.339 e. The molecule has 2 rings (SSSR count). The van der Waals surface area contributed by atoms with Crippen molar-refractivity contribution in [1.82, 2.24) is 19.7 Å². The SMILES string of the molecule is CCCn1ncnc1COc1cnccc1C(=O)O. The van der Waals surface area contributed by atoms with E-state index in [1.165, 1.54) is 24.8 Å². The Labute approximate surface area is 109 Å². The van der Waals surface area contributed by atoms with Crippen molar-refractivity contribution >= 4 is 5.97 Å². The van der Waals surface area contributed by atoms with Gasteiger partial charge in [-0.15, -0.1) is 0 Å². The van der Waals surface area contributed by atoms with Crippen LogP contribution in [0.3, 0.4) is 0 Å². The van der Waals surface area contributed by atoms with Crippen molar-refractivity contribution in [3.8, 4) is 5.75 Å². The van der Waals surface area contributed by atoms with Crippen LogP contribution in [0.15, 0.2) is 24.8 Å². The van der Waals surface area contributed by atoms with E-state index in [0.717, 1.165) is 13.0 Å². The van der Waals surface area contributed by atoms with Crippen molar-refractivity contribution in [3.63, 3.8) is 0 Å². The molecule has 0 aliphatic heterocycles. The summed E-state index contributed by atoms with van der Waals surface area (Å²) in [5.41, 5.74) is 0.0801. The number of hydrogen-bond donors (Lipinski definition) is 1. The molecule has 2 heterocycles. The maximum absolute atomic E-state index is 11.0. The van der Waals surface area contributed by atoms with E-state index in [0.29, 0.717) is 5.82 Å². The minimum atomic E-state index is -1.05. The van der Waals surface area contributed by atoms with Crippen LogP contribution in [-0.4, -0.2) is 30.8 Å². The molecular formula is C12H14N4O3. The molecule has 0 saturated heterocycles. The Hall–Kier alpha value is -2.44. The molecule has 7 heteroatoms. The lowest BCUT2D eigenvalue weighted by atomic mass is 10.2. The lowest BCUT2D eigenvalue weighted by Crippen LogP contribution is -2.10. The molecule has 1 N–H and O–H groups in total. The minimum Gasteiger partial charge on any atom is -0.483 e. The normalized spacial score (nSPS) is 10.4. The van der Waals surface area contributed by atoms with Gasteiger partial charge in [0.1, 0.15) is 18.5 Å². The van der Waals surface area contributed by atoms with E-state index in [1.807, 2.05) is 6.92 Å². The Bertz CT molecular complexity index is 568. The molecule has 100 valence electrons. The fourth-order valence-electron chi connectivity index (χ4n) is 1.61. The number of rotatable bonds is 6. The molecule has 0 aliphatic rings. The van der Waals surface area contributed by atoms with Crippen LogP contribution < -0.4 is 4.74 Å². The van der Waals surface area contributed by atoms with Crippen molar-refractivity contribution in [2.75, 3.05) is 0 Å². The summed E-state index contributed by atoms with van der Waals surface area (Å²) in [4.78, 5) is 19.0. The molecule has 2 aromatic heterocycles.